The van der Waals surface area contributed by atoms with Gasteiger partial charge < -0.3 is 5.32 Å². The van der Waals surface area contributed by atoms with Gasteiger partial charge in [0.1, 0.15) is 0 Å². The zero-order valence-electron chi connectivity index (χ0n) is 13.1. The van der Waals surface area contributed by atoms with Gasteiger partial charge in [0, 0.05) is 18.0 Å². The number of hydrogen-bond acceptors (Lipinski definition) is 1. The Labute approximate surface area is 132 Å². The van der Waals surface area contributed by atoms with Gasteiger partial charge in [0.05, 0.1) is 0 Å². The minimum Gasteiger partial charge on any atom is -0.307 e. The third-order valence-corrected chi connectivity index (χ3v) is 4.94. The summed E-state index contributed by atoms with van der Waals surface area (Å²) in [5.41, 5.74) is 4.34. The highest BCUT2D eigenvalue weighted by Gasteiger charge is 2.37. The summed E-state index contributed by atoms with van der Waals surface area (Å²) in [6.07, 6.45) is 0. The van der Waals surface area contributed by atoms with Gasteiger partial charge in [-0.1, -0.05) is 66.7 Å². The standard InChI is InChI=1S/C21H21N/c1-21(2)20(16-9-4-3-5-10-16)19-17(14-22-21)13-12-15-8-6-7-11-18(15)19/h3-13,20,22H,14H2,1-2H3. The molecule has 1 aliphatic heterocycles. The van der Waals surface area contributed by atoms with E-state index in [4.69, 9.17) is 0 Å². The monoisotopic (exact) mass is 287 g/mol. The van der Waals surface area contributed by atoms with Crippen molar-refractivity contribution in [2.75, 3.05) is 0 Å². The first-order chi connectivity index (χ1) is 10.7. The topological polar surface area (TPSA) is 12.0 Å². The van der Waals surface area contributed by atoms with Crippen LogP contribution in [-0.4, -0.2) is 5.54 Å². The largest absolute Gasteiger partial charge is 0.307 e. The summed E-state index contributed by atoms with van der Waals surface area (Å²) in [6.45, 7) is 5.57. The second-order valence-corrected chi connectivity index (χ2v) is 6.78. The summed E-state index contributed by atoms with van der Waals surface area (Å²) in [5.74, 6) is 0.364. The van der Waals surface area contributed by atoms with E-state index >= 15 is 0 Å². The molecule has 22 heavy (non-hydrogen) atoms. The molecule has 1 heteroatoms. The molecule has 1 nitrogen and oxygen atoms in total. The molecule has 0 spiro atoms. The molecule has 110 valence electrons. The lowest BCUT2D eigenvalue weighted by atomic mass is 9.71. The lowest BCUT2D eigenvalue weighted by Gasteiger charge is -2.42. The van der Waals surface area contributed by atoms with Gasteiger partial charge in [0.25, 0.3) is 0 Å². The van der Waals surface area contributed by atoms with Crippen molar-refractivity contribution in [2.24, 2.45) is 0 Å². The Hall–Kier alpha value is -2.12. The van der Waals surface area contributed by atoms with Gasteiger partial charge in [-0.15, -0.1) is 0 Å². The van der Waals surface area contributed by atoms with Crippen LogP contribution in [0.5, 0.6) is 0 Å². The van der Waals surface area contributed by atoms with Crippen LogP contribution in [0.3, 0.4) is 0 Å². The minimum absolute atomic E-state index is 0.0402. The zero-order chi connectivity index (χ0) is 15.2. The smallest absolute Gasteiger partial charge is 0.0276 e. The molecule has 0 aliphatic carbocycles. The minimum atomic E-state index is 0.0402. The van der Waals surface area contributed by atoms with E-state index in [1.54, 1.807) is 0 Å². The molecule has 0 aromatic heterocycles. The number of hydrogen-bond donors (Lipinski definition) is 1. The van der Waals surface area contributed by atoms with Crippen LogP contribution in [0, 0.1) is 0 Å². The molecule has 0 amide bonds. The second kappa shape index (κ2) is 4.96. The maximum Gasteiger partial charge on any atom is 0.0276 e. The van der Waals surface area contributed by atoms with Crippen molar-refractivity contribution in [1.82, 2.24) is 5.32 Å². The van der Waals surface area contributed by atoms with Gasteiger partial charge in [-0.3, -0.25) is 0 Å². The van der Waals surface area contributed by atoms with E-state index in [9.17, 15) is 0 Å². The van der Waals surface area contributed by atoms with E-state index in [1.165, 1.54) is 27.5 Å². The van der Waals surface area contributed by atoms with Crippen molar-refractivity contribution < 1.29 is 0 Å². The molecule has 3 aromatic rings. The summed E-state index contributed by atoms with van der Waals surface area (Å²) in [6, 6.07) is 24.2. The zero-order valence-corrected chi connectivity index (χ0v) is 13.1. The fourth-order valence-corrected chi connectivity index (χ4v) is 3.85. The number of fused-ring (bicyclic) bond motifs is 3. The third-order valence-electron chi connectivity index (χ3n) is 4.94. The first-order valence-electron chi connectivity index (χ1n) is 7.97. The first kappa shape index (κ1) is 13.5. The van der Waals surface area contributed by atoms with Crippen molar-refractivity contribution in [2.45, 2.75) is 31.8 Å². The molecule has 3 aromatic carbocycles. The predicted molar refractivity (Wildman–Crippen MR) is 93.2 cm³/mol. The summed E-state index contributed by atoms with van der Waals surface area (Å²) >= 11 is 0. The quantitative estimate of drug-likeness (QED) is 0.674. The van der Waals surface area contributed by atoms with Crippen LogP contribution < -0.4 is 5.32 Å². The van der Waals surface area contributed by atoms with E-state index in [-0.39, 0.29) is 5.54 Å². The fraction of sp³-hybridized carbons (Fsp3) is 0.238. The number of rotatable bonds is 1. The molecular weight excluding hydrogens is 266 g/mol. The highest BCUT2D eigenvalue weighted by Crippen LogP contribution is 2.43. The van der Waals surface area contributed by atoms with Crippen LogP contribution in [0.15, 0.2) is 66.7 Å². The lowest BCUT2D eigenvalue weighted by molar-refractivity contribution is 0.325. The summed E-state index contributed by atoms with van der Waals surface area (Å²) in [4.78, 5) is 0. The third kappa shape index (κ3) is 2.05. The average Bonchev–Trinajstić information content (AvgIpc) is 2.55. The van der Waals surface area contributed by atoms with E-state index < -0.39 is 0 Å². The van der Waals surface area contributed by atoms with Crippen LogP contribution in [0.4, 0.5) is 0 Å². The second-order valence-electron chi connectivity index (χ2n) is 6.78. The van der Waals surface area contributed by atoms with Crippen LogP contribution in [-0.2, 0) is 6.54 Å². The molecule has 1 atom stereocenters. The van der Waals surface area contributed by atoms with Gasteiger partial charge in [-0.25, -0.2) is 0 Å². The molecule has 0 saturated heterocycles. The SMILES string of the molecule is CC1(C)NCc2ccc3ccccc3c2C1c1ccccc1. The fourth-order valence-electron chi connectivity index (χ4n) is 3.85. The number of nitrogens with one attached hydrogen (secondary N) is 1. The maximum absolute atomic E-state index is 3.73. The molecule has 0 saturated carbocycles. The Morgan fingerprint density at radius 2 is 1.59 bits per heavy atom. The van der Waals surface area contributed by atoms with Gasteiger partial charge >= 0.3 is 0 Å². The summed E-state index contributed by atoms with van der Waals surface area (Å²) in [5, 5.41) is 6.45. The van der Waals surface area contributed by atoms with Crippen molar-refractivity contribution in [3.63, 3.8) is 0 Å². The van der Waals surface area contributed by atoms with E-state index in [2.05, 4.69) is 85.9 Å². The van der Waals surface area contributed by atoms with Gasteiger partial charge in [-0.05, 0) is 41.3 Å². The predicted octanol–water partition coefficient (Wildman–Crippen LogP) is 4.85. The molecular formula is C21H21N. The number of benzene rings is 3. The highest BCUT2D eigenvalue weighted by molar-refractivity contribution is 5.88. The summed E-state index contributed by atoms with van der Waals surface area (Å²) < 4.78 is 0. The van der Waals surface area contributed by atoms with E-state index in [0.717, 1.165) is 6.54 Å². The maximum atomic E-state index is 3.73. The van der Waals surface area contributed by atoms with Gasteiger partial charge in [0.15, 0.2) is 0 Å². The van der Waals surface area contributed by atoms with Gasteiger partial charge in [-0.2, -0.15) is 0 Å². The van der Waals surface area contributed by atoms with Crippen LogP contribution in [0.2, 0.25) is 0 Å². The molecule has 1 heterocycles. The van der Waals surface area contributed by atoms with Crippen molar-refractivity contribution in [1.29, 1.82) is 0 Å². The lowest BCUT2D eigenvalue weighted by Crippen LogP contribution is -2.48. The Kier molecular flexibility index (Phi) is 3.05. The molecule has 0 fully saturated rings. The molecule has 1 N–H and O–H groups in total. The van der Waals surface area contributed by atoms with Crippen LogP contribution in [0.1, 0.15) is 36.5 Å². The molecule has 1 aliphatic rings. The normalized spacial score (nSPS) is 19.8. The molecule has 0 radical (unpaired) electrons. The van der Waals surface area contributed by atoms with E-state index in [0.29, 0.717) is 5.92 Å². The molecule has 4 rings (SSSR count). The highest BCUT2D eigenvalue weighted by atomic mass is 15.0. The Balaban J connectivity index is 2.04. The molecule has 0 bridgehead atoms. The Morgan fingerprint density at radius 3 is 2.41 bits per heavy atom. The van der Waals surface area contributed by atoms with Crippen molar-refractivity contribution in [3.8, 4) is 0 Å². The Bertz CT molecular complexity index is 818. The van der Waals surface area contributed by atoms with Gasteiger partial charge in [0.2, 0.25) is 0 Å². The van der Waals surface area contributed by atoms with Crippen molar-refractivity contribution in [3.05, 3.63) is 83.4 Å². The molecule has 1 unspecified atom stereocenters. The Morgan fingerprint density at radius 1 is 0.864 bits per heavy atom. The van der Waals surface area contributed by atoms with Crippen molar-refractivity contribution >= 4 is 10.8 Å². The van der Waals surface area contributed by atoms with E-state index in [1.807, 2.05) is 0 Å². The van der Waals surface area contributed by atoms with Crippen LogP contribution in [0.25, 0.3) is 10.8 Å². The summed E-state index contributed by atoms with van der Waals surface area (Å²) in [7, 11) is 0. The first-order valence-corrected chi connectivity index (χ1v) is 7.97. The average molecular weight is 287 g/mol. The van der Waals surface area contributed by atoms with Crippen LogP contribution >= 0.6 is 0 Å².